The fourth-order valence-corrected chi connectivity index (χ4v) is 2.04. The van der Waals surface area contributed by atoms with Gasteiger partial charge < -0.3 is 10.6 Å². The number of nitrogens with one attached hydrogen (secondary N) is 2. The lowest BCUT2D eigenvalue weighted by atomic mass is 10.2. The van der Waals surface area contributed by atoms with Crippen LogP contribution in [0.1, 0.15) is 19.5 Å². The number of carbonyl (C=O) groups is 1. The maximum atomic E-state index is 13.1. The normalized spacial score (nSPS) is 12.0. The van der Waals surface area contributed by atoms with E-state index in [2.05, 4.69) is 15.7 Å². The predicted octanol–water partition coefficient (Wildman–Crippen LogP) is 2.70. The van der Waals surface area contributed by atoms with E-state index in [-0.39, 0.29) is 11.6 Å². The summed E-state index contributed by atoms with van der Waals surface area (Å²) < 4.78 is 27.7. The maximum absolute atomic E-state index is 13.1. The topological polar surface area (TPSA) is 59.0 Å². The first kappa shape index (κ1) is 15.9. The Hall–Kier alpha value is -2.44. The number of amides is 1. The van der Waals surface area contributed by atoms with E-state index >= 15 is 0 Å². The van der Waals surface area contributed by atoms with E-state index in [0.29, 0.717) is 0 Å². The molecule has 2 rings (SSSR count). The Morgan fingerprint density at radius 3 is 2.73 bits per heavy atom. The van der Waals surface area contributed by atoms with E-state index in [1.54, 1.807) is 24.9 Å². The van der Waals surface area contributed by atoms with Crippen LogP contribution in [0, 0.1) is 11.6 Å². The number of halogens is 2. The molecule has 1 heterocycles. The Balaban J connectivity index is 2.04. The van der Waals surface area contributed by atoms with Crippen LogP contribution in [0.2, 0.25) is 0 Å². The summed E-state index contributed by atoms with van der Waals surface area (Å²) in [5, 5.41) is 9.88. The van der Waals surface area contributed by atoms with Gasteiger partial charge in [-0.2, -0.15) is 5.10 Å². The molecule has 2 aromatic rings. The van der Waals surface area contributed by atoms with Crippen molar-refractivity contribution in [3.63, 3.8) is 0 Å². The Kier molecular flexibility index (Phi) is 4.75. The number of hydrogen-bond acceptors (Lipinski definition) is 3. The smallest absolute Gasteiger partial charge is 0.246 e. The quantitative estimate of drug-likeness (QED) is 0.893. The summed E-state index contributed by atoms with van der Waals surface area (Å²) >= 11 is 0. The number of aryl methyl sites for hydroxylation is 2. The summed E-state index contributed by atoms with van der Waals surface area (Å²) in [4.78, 5) is 12.1. The third-order valence-corrected chi connectivity index (χ3v) is 3.19. The number of aromatic nitrogens is 2. The molecule has 1 aromatic heterocycles. The molecule has 0 saturated heterocycles. The second-order valence-electron chi connectivity index (χ2n) is 5.00. The average molecular weight is 308 g/mol. The lowest BCUT2D eigenvalue weighted by Crippen LogP contribution is -2.32. The highest BCUT2D eigenvalue weighted by Gasteiger charge is 2.16. The van der Waals surface area contributed by atoms with Gasteiger partial charge in [0.05, 0.1) is 11.4 Å². The summed E-state index contributed by atoms with van der Waals surface area (Å²) in [6.45, 7) is 3.65. The van der Waals surface area contributed by atoms with Gasteiger partial charge in [-0.3, -0.25) is 9.48 Å². The summed E-state index contributed by atoms with van der Waals surface area (Å²) in [5.74, 6) is -2.30. The molecular weight excluding hydrogens is 290 g/mol. The molecule has 2 N–H and O–H groups in total. The Morgan fingerprint density at radius 1 is 1.36 bits per heavy atom. The van der Waals surface area contributed by atoms with E-state index in [9.17, 15) is 13.6 Å². The second-order valence-corrected chi connectivity index (χ2v) is 5.00. The molecule has 5 nitrogen and oxygen atoms in total. The van der Waals surface area contributed by atoms with Crippen LogP contribution in [0.5, 0.6) is 0 Å². The highest BCUT2D eigenvalue weighted by atomic mass is 19.2. The molecule has 0 saturated carbocycles. The SMILES string of the molecule is CCc1nn(C)cc1N[C@@H](C)C(=O)Nc1ccc(F)c(F)c1. The van der Waals surface area contributed by atoms with Gasteiger partial charge in [-0.15, -0.1) is 0 Å². The Labute approximate surface area is 127 Å². The molecule has 0 aliphatic rings. The number of benzene rings is 1. The van der Waals surface area contributed by atoms with Gasteiger partial charge in [0, 0.05) is 25.0 Å². The molecule has 1 aromatic carbocycles. The molecule has 0 aliphatic heterocycles. The van der Waals surface area contributed by atoms with Crippen molar-refractivity contribution in [1.82, 2.24) is 9.78 Å². The summed E-state index contributed by atoms with van der Waals surface area (Å²) in [6, 6.07) is 2.67. The van der Waals surface area contributed by atoms with E-state index in [0.717, 1.165) is 29.9 Å². The largest absolute Gasteiger partial charge is 0.371 e. The van der Waals surface area contributed by atoms with Crippen LogP contribution in [-0.2, 0) is 18.3 Å². The molecule has 0 radical (unpaired) electrons. The van der Waals surface area contributed by atoms with Gasteiger partial charge in [-0.05, 0) is 25.5 Å². The number of carbonyl (C=O) groups excluding carboxylic acids is 1. The standard InChI is InChI=1S/C15H18F2N4O/c1-4-13-14(8-21(3)20-13)18-9(2)15(22)19-10-5-6-11(16)12(17)7-10/h5-9,18H,4H2,1-3H3,(H,19,22)/t9-/m0/s1. The zero-order valence-electron chi connectivity index (χ0n) is 12.7. The zero-order chi connectivity index (χ0) is 16.3. The van der Waals surface area contributed by atoms with Crippen LogP contribution < -0.4 is 10.6 Å². The van der Waals surface area contributed by atoms with E-state index in [1.807, 2.05) is 6.92 Å². The molecule has 22 heavy (non-hydrogen) atoms. The van der Waals surface area contributed by atoms with Crippen LogP contribution >= 0.6 is 0 Å². The van der Waals surface area contributed by atoms with Crippen molar-refractivity contribution >= 4 is 17.3 Å². The molecule has 0 bridgehead atoms. The molecule has 0 unspecified atom stereocenters. The summed E-state index contributed by atoms with van der Waals surface area (Å²) in [6.07, 6.45) is 2.53. The van der Waals surface area contributed by atoms with Crippen LogP contribution in [0.15, 0.2) is 24.4 Å². The third-order valence-electron chi connectivity index (χ3n) is 3.19. The van der Waals surface area contributed by atoms with Gasteiger partial charge in [0.1, 0.15) is 6.04 Å². The average Bonchev–Trinajstić information content (AvgIpc) is 2.82. The highest BCUT2D eigenvalue weighted by Crippen LogP contribution is 2.16. The molecule has 7 heteroatoms. The van der Waals surface area contributed by atoms with E-state index in [4.69, 9.17) is 0 Å². The van der Waals surface area contributed by atoms with Gasteiger partial charge in [0.25, 0.3) is 0 Å². The number of hydrogen-bond donors (Lipinski definition) is 2. The van der Waals surface area contributed by atoms with Crippen molar-refractivity contribution in [3.8, 4) is 0 Å². The molecule has 118 valence electrons. The molecule has 0 fully saturated rings. The van der Waals surface area contributed by atoms with Gasteiger partial charge in [0.15, 0.2) is 11.6 Å². The Bertz CT molecular complexity index is 684. The number of anilines is 2. The minimum atomic E-state index is -1.00. The third kappa shape index (κ3) is 3.60. The summed E-state index contributed by atoms with van der Waals surface area (Å²) in [5.41, 5.74) is 1.84. The zero-order valence-corrected chi connectivity index (χ0v) is 12.7. The molecule has 0 aliphatic carbocycles. The van der Waals surface area contributed by atoms with Crippen molar-refractivity contribution < 1.29 is 13.6 Å². The molecule has 1 atom stereocenters. The Morgan fingerprint density at radius 2 is 2.09 bits per heavy atom. The first-order valence-electron chi connectivity index (χ1n) is 6.95. The molecule has 0 spiro atoms. The fourth-order valence-electron chi connectivity index (χ4n) is 2.04. The van der Waals surface area contributed by atoms with Gasteiger partial charge in [-0.25, -0.2) is 8.78 Å². The van der Waals surface area contributed by atoms with Crippen molar-refractivity contribution in [2.45, 2.75) is 26.3 Å². The first-order chi connectivity index (χ1) is 10.4. The molecular formula is C15H18F2N4O. The van der Waals surface area contributed by atoms with Crippen LogP contribution in [0.25, 0.3) is 0 Å². The fraction of sp³-hybridized carbons (Fsp3) is 0.333. The van der Waals surface area contributed by atoms with Crippen molar-refractivity contribution in [3.05, 3.63) is 41.7 Å². The van der Waals surface area contributed by atoms with Crippen molar-refractivity contribution in [2.24, 2.45) is 7.05 Å². The van der Waals surface area contributed by atoms with Gasteiger partial charge in [0.2, 0.25) is 5.91 Å². The van der Waals surface area contributed by atoms with Crippen LogP contribution in [0.3, 0.4) is 0 Å². The lowest BCUT2D eigenvalue weighted by Gasteiger charge is -2.15. The minimum Gasteiger partial charge on any atom is -0.371 e. The van der Waals surface area contributed by atoms with Crippen molar-refractivity contribution in [2.75, 3.05) is 10.6 Å². The van der Waals surface area contributed by atoms with Crippen molar-refractivity contribution in [1.29, 1.82) is 0 Å². The van der Waals surface area contributed by atoms with Crippen LogP contribution in [0.4, 0.5) is 20.2 Å². The minimum absolute atomic E-state index is 0.208. The van der Waals surface area contributed by atoms with E-state index in [1.165, 1.54) is 6.07 Å². The maximum Gasteiger partial charge on any atom is 0.246 e. The molecule has 1 amide bonds. The highest BCUT2D eigenvalue weighted by molar-refractivity contribution is 5.96. The second kappa shape index (κ2) is 6.55. The summed E-state index contributed by atoms with van der Waals surface area (Å²) in [7, 11) is 1.80. The van der Waals surface area contributed by atoms with E-state index < -0.39 is 17.7 Å². The van der Waals surface area contributed by atoms with Gasteiger partial charge in [-0.1, -0.05) is 6.92 Å². The number of nitrogens with zero attached hydrogens (tertiary/aromatic N) is 2. The lowest BCUT2D eigenvalue weighted by molar-refractivity contribution is -0.116. The first-order valence-corrected chi connectivity index (χ1v) is 6.95. The predicted molar refractivity (Wildman–Crippen MR) is 80.7 cm³/mol. The van der Waals surface area contributed by atoms with Crippen LogP contribution in [-0.4, -0.2) is 21.7 Å². The number of rotatable bonds is 5. The monoisotopic (exact) mass is 308 g/mol. The van der Waals surface area contributed by atoms with Gasteiger partial charge >= 0.3 is 0 Å².